The summed E-state index contributed by atoms with van der Waals surface area (Å²) in [4.78, 5) is 4.48. The first-order chi connectivity index (χ1) is 9.72. The zero-order valence-corrected chi connectivity index (χ0v) is 14.1. The summed E-state index contributed by atoms with van der Waals surface area (Å²) in [5.41, 5.74) is 0. The Hall–Kier alpha value is -0.680. The van der Waals surface area contributed by atoms with Crippen molar-refractivity contribution in [1.82, 2.24) is 13.7 Å². The molecule has 0 aliphatic carbocycles. The predicted octanol–water partition coefficient (Wildman–Crippen LogP) is 0.857. The summed E-state index contributed by atoms with van der Waals surface area (Å²) in [6.45, 7) is 0. The second-order valence-electron chi connectivity index (χ2n) is 4.84. The van der Waals surface area contributed by atoms with E-state index < -0.39 is 25.9 Å². The number of sulfone groups is 1. The average Bonchev–Trinajstić information content (AvgIpc) is 3.01. The van der Waals surface area contributed by atoms with Crippen molar-refractivity contribution in [3.63, 3.8) is 0 Å². The van der Waals surface area contributed by atoms with Crippen LogP contribution in [0.5, 0.6) is 0 Å². The Kier molecular flexibility index (Phi) is 3.56. The van der Waals surface area contributed by atoms with E-state index in [2.05, 4.69) is 4.98 Å². The molecule has 3 rings (SSSR count). The van der Waals surface area contributed by atoms with Crippen molar-refractivity contribution in [2.45, 2.75) is 17.5 Å². The van der Waals surface area contributed by atoms with E-state index in [9.17, 15) is 16.8 Å². The number of hydrogen-bond acceptors (Lipinski definition) is 6. The second kappa shape index (κ2) is 4.92. The molecule has 1 aliphatic rings. The fourth-order valence-electron chi connectivity index (χ4n) is 2.36. The Morgan fingerprint density at radius 3 is 2.86 bits per heavy atom. The third kappa shape index (κ3) is 2.48. The van der Waals surface area contributed by atoms with E-state index in [-0.39, 0.29) is 21.7 Å². The number of hydrogen-bond donors (Lipinski definition) is 0. The van der Waals surface area contributed by atoms with Gasteiger partial charge in [0.25, 0.3) is 10.0 Å². The number of imidazole rings is 1. The molecule has 0 N–H and O–H groups in total. The van der Waals surface area contributed by atoms with Crippen LogP contribution in [0.15, 0.2) is 16.6 Å². The number of halogens is 1. The number of sulfonamides is 1. The first kappa shape index (κ1) is 15.2. The van der Waals surface area contributed by atoms with Gasteiger partial charge in [0.1, 0.15) is 0 Å². The minimum absolute atomic E-state index is 0.00548. The van der Waals surface area contributed by atoms with Crippen LogP contribution in [-0.2, 0) is 19.9 Å². The lowest BCUT2D eigenvalue weighted by molar-refractivity contribution is 0.392. The Bertz CT molecular complexity index is 899. The molecule has 7 nitrogen and oxygen atoms in total. The molecule has 1 aliphatic heterocycles. The predicted molar refractivity (Wildman–Crippen MR) is 80.1 cm³/mol. The van der Waals surface area contributed by atoms with Gasteiger partial charge in [0.2, 0.25) is 0 Å². The minimum Gasteiger partial charge on any atom is -0.279 e. The molecule has 2 aromatic heterocycles. The highest BCUT2D eigenvalue weighted by Crippen LogP contribution is 2.30. The zero-order valence-electron chi connectivity index (χ0n) is 10.9. The van der Waals surface area contributed by atoms with Gasteiger partial charge in [-0.1, -0.05) is 11.6 Å². The largest absolute Gasteiger partial charge is 0.279 e. The molecule has 1 atom stereocenters. The minimum atomic E-state index is -3.91. The van der Waals surface area contributed by atoms with Crippen molar-refractivity contribution in [3.8, 4) is 0 Å². The van der Waals surface area contributed by atoms with Crippen LogP contribution >= 0.6 is 22.9 Å². The molecular weight excluding hydrogens is 358 g/mol. The number of nitrogens with zero attached hydrogens (tertiary/aromatic N) is 3. The van der Waals surface area contributed by atoms with E-state index in [4.69, 9.17) is 11.6 Å². The van der Waals surface area contributed by atoms with Crippen molar-refractivity contribution < 1.29 is 16.8 Å². The van der Waals surface area contributed by atoms with Crippen molar-refractivity contribution in [1.29, 1.82) is 0 Å². The third-order valence-electron chi connectivity index (χ3n) is 3.52. The molecule has 2 aromatic rings. The van der Waals surface area contributed by atoms with Gasteiger partial charge in [-0.05, 0) is 6.42 Å². The maximum Gasteiger partial charge on any atom is 0.262 e. The molecule has 1 saturated heterocycles. The lowest BCUT2D eigenvalue weighted by Gasteiger charge is -2.22. The van der Waals surface area contributed by atoms with Crippen molar-refractivity contribution in [2.75, 3.05) is 18.6 Å². The van der Waals surface area contributed by atoms with Gasteiger partial charge >= 0.3 is 0 Å². The monoisotopic (exact) mass is 369 g/mol. The van der Waals surface area contributed by atoms with Crippen LogP contribution in [0.1, 0.15) is 6.42 Å². The smallest absolute Gasteiger partial charge is 0.262 e. The molecule has 116 valence electrons. The molecule has 0 aromatic carbocycles. The Labute approximate surface area is 131 Å². The molecule has 21 heavy (non-hydrogen) atoms. The molecule has 0 amide bonds. The Morgan fingerprint density at radius 2 is 2.24 bits per heavy atom. The quantitative estimate of drug-likeness (QED) is 0.800. The van der Waals surface area contributed by atoms with Gasteiger partial charge in [0, 0.05) is 24.7 Å². The topological polar surface area (TPSA) is 88.8 Å². The number of fused-ring (bicyclic) bond motifs is 1. The van der Waals surface area contributed by atoms with E-state index in [1.54, 1.807) is 11.6 Å². The first-order valence-electron chi connectivity index (χ1n) is 6.02. The van der Waals surface area contributed by atoms with E-state index in [1.807, 2.05) is 0 Å². The molecule has 11 heteroatoms. The second-order valence-corrected chi connectivity index (χ2v) is 10.2. The van der Waals surface area contributed by atoms with Crippen molar-refractivity contribution in [3.05, 3.63) is 16.7 Å². The molecule has 0 radical (unpaired) electrons. The highest BCUT2D eigenvalue weighted by molar-refractivity contribution is 7.92. The van der Waals surface area contributed by atoms with Crippen LogP contribution in [0.25, 0.3) is 4.96 Å². The lowest BCUT2D eigenvalue weighted by atomic mass is 10.3. The molecule has 1 unspecified atom stereocenters. The highest BCUT2D eigenvalue weighted by atomic mass is 35.5. The number of aromatic nitrogens is 2. The molecule has 0 bridgehead atoms. The standard InChI is InChI=1S/C10H12ClN3O4S3/c1-13(7-2-5-20(15,16)6-7)21(17,18)9-8(11)12-10-14(9)3-4-19-10/h3-4,7H,2,5-6H2,1H3. The van der Waals surface area contributed by atoms with Gasteiger partial charge in [-0.25, -0.2) is 21.8 Å². The normalized spacial score (nSPS) is 22.3. The van der Waals surface area contributed by atoms with Gasteiger partial charge in [-0.2, -0.15) is 4.31 Å². The summed E-state index contributed by atoms with van der Waals surface area (Å²) in [5.74, 6) is -0.155. The summed E-state index contributed by atoms with van der Waals surface area (Å²) >= 11 is 7.22. The van der Waals surface area contributed by atoms with Gasteiger partial charge < -0.3 is 0 Å². The number of rotatable bonds is 3. The fourth-order valence-corrected chi connectivity index (χ4v) is 7.02. The van der Waals surface area contributed by atoms with Crippen LogP contribution in [0.2, 0.25) is 5.15 Å². The Morgan fingerprint density at radius 1 is 1.52 bits per heavy atom. The van der Waals surface area contributed by atoms with Crippen molar-refractivity contribution in [2.24, 2.45) is 0 Å². The van der Waals surface area contributed by atoms with Crippen LogP contribution in [0.4, 0.5) is 0 Å². The molecule has 0 saturated carbocycles. The fraction of sp³-hybridized carbons (Fsp3) is 0.500. The van der Waals surface area contributed by atoms with E-state index in [0.29, 0.717) is 11.4 Å². The van der Waals surface area contributed by atoms with Crippen LogP contribution in [0, 0.1) is 0 Å². The van der Waals surface area contributed by atoms with Crippen LogP contribution < -0.4 is 0 Å². The summed E-state index contributed by atoms with van der Waals surface area (Å²) in [6.07, 6.45) is 1.87. The summed E-state index contributed by atoms with van der Waals surface area (Å²) in [6, 6.07) is -0.569. The summed E-state index contributed by atoms with van der Waals surface area (Å²) in [7, 11) is -5.71. The lowest BCUT2D eigenvalue weighted by Crippen LogP contribution is -2.38. The number of thiazole rings is 1. The SMILES string of the molecule is CN(C1CCS(=O)(=O)C1)S(=O)(=O)c1c(Cl)nc2sccn12. The van der Waals surface area contributed by atoms with E-state index in [1.165, 1.54) is 22.8 Å². The first-order valence-corrected chi connectivity index (χ1v) is 10.5. The average molecular weight is 370 g/mol. The van der Waals surface area contributed by atoms with Crippen molar-refractivity contribution >= 4 is 47.8 Å². The van der Waals surface area contributed by atoms with Crippen LogP contribution in [-0.4, -0.2) is 55.1 Å². The molecule has 0 spiro atoms. The highest BCUT2D eigenvalue weighted by Gasteiger charge is 2.39. The zero-order chi connectivity index (χ0) is 15.4. The maximum atomic E-state index is 12.7. The summed E-state index contributed by atoms with van der Waals surface area (Å²) in [5, 5.41) is 1.49. The molecule has 1 fully saturated rings. The van der Waals surface area contributed by atoms with E-state index in [0.717, 1.165) is 4.31 Å². The third-order valence-corrected chi connectivity index (χ3v) is 8.34. The van der Waals surface area contributed by atoms with Gasteiger partial charge in [0.15, 0.2) is 25.0 Å². The van der Waals surface area contributed by atoms with Gasteiger partial charge in [-0.15, -0.1) is 11.3 Å². The molecule has 3 heterocycles. The molecular formula is C10H12ClN3O4S3. The Balaban J connectivity index is 2.04. The van der Waals surface area contributed by atoms with E-state index >= 15 is 0 Å². The maximum absolute atomic E-state index is 12.7. The van der Waals surface area contributed by atoms with Gasteiger partial charge in [-0.3, -0.25) is 4.40 Å². The van der Waals surface area contributed by atoms with Gasteiger partial charge in [0.05, 0.1) is 11.5 Å². The summed E-state index contributed by atoms with van der Waals surface area (Å²) < 4.78 is 51.0. The van der Waals surface area contributed by atoms with Crippen LogP contribution in [0.3, 0.4) is 0 Å².